The zero-order valence-corrected chi connectivity index (χ0v) is 19.3. The third kappa shape index (κ3) is 5.97. The Morgan fingerprint density at radius 1 is 0.914 bits per heavy atom. The van der Waals surface area contributed by atoms with Gasteiger partial charge in [-0.25, -0.2) is 9.59 Å². The molecule has 0 bridgehead atoms. The average Bonchev–Trinajstić information content (AvgIpc) is 3.15. The van der Waals surface area contributed by atoms with E-state index < -0.39 is 34.2 Å². The van der Waals surface area contributed by atoms with Crippen LogP contribution < -0.4 is 10.1 Å². The molecule has 1 aliphatic rings. The summed E-state index contributed by atoms with van der Waals surface area (Å²) in [6.07, 6.45) is -0.870. The van der Waals surface area contributed by atoms with Gasteiger partial charge in [0.05, 0.1) is 0 Å². The zero-order chi connectivity index (χ0) is 25.0. The smallest absolute Gasteiger partial charge is 0.407 e. The van der Waals surface area contributed by atoms with Gasteiger partial charge in [0.25, 0.3) is 0 Å². The fourth-order valence-electron chi connectivity index (χ4n) is 4.08. The summed E-state index contributed by atoms with van der Waals surface area (Å²) in [6, 6.07) is 20.5. The van der Waals surface area contributed by atoms with E-state index in [-0.39, 0.29) is 24.7 Å². The maximum Gasteiger partial charge on any atom is 0.407 e. The highest BCUT2D eigenvalue weighted by Gasteiger charge is 2.29. The molecule has 1 amide bonds. The van der Waals surface area contributed by atoms with Crippen LogP contribution in [0.25, 0.3) is 11.1 Å². The first-order chi connectivity index (χ1) is 16.7. The number of carbonyl (C=O) groups excluding carboxylic acids is 1. The van der Waals surface area contributed by atoms with E-state index in [1.807, 2.05) is 48.5 Å². The molecule has 0 aromatic heterocycles. The van der Waals surface area contributed by atoms with Crippen molar-refractivity contribution in [2.45, 2.75) is 18.4 Å². The number of aliphatic carboxylic acids is 1. The molecule has 0 heterocycles. The molecule has 4 rings (SSSR count). The lowest BCUT2D eigenvalue weighted by atomic mass is 9.98. The van der Waals surface area contributed by atoms with E-state index >= 15 is 0 Å². The van der Waals surface area contributed by atoms with Crippen molar-refractivity contribution >= 4 is 22.2 Å². The van der Waals surface area contributed by atoms with Gasteiger partial charge >= 0.3 is 22.2 Å². The molecule has 1 atom stereocenters. The normalized spacial score (nSPS) is 13.4. The number of carboxylic acid groups (broad SMARTS) is 1. The number of fused-ring (bicyclic) bond motifs is 3. The molecule has 0 radical (unpaired) electrons. The van der Waals surface area contributed by atoms with Gasteiger partial charge in [-0.05, 0) is 39.9 Å². The van der Waals surface area contributed by atoms with Crippen molar-refractivity contribution in [2.24, 2.45) is 0 Å². The average molecular weight is 498 g/mol. The van der Waals surface area contributed by atoms with Crippen LogP contribution in [0.3, 0.4) is 0 Å². The largest absolute Gasteiger partial charge is 0.480 e. The number of carbonyl (C=O) groups is 2. The third-order valence-electron chi connectivity index (χ3n) is 5.67. The SMILES string of the molecule is O=C(N[C@@H](Cc1ccc(OCS(=O)(=O)O)cc1)C(=O)O)OCC1c2ccccc2-c2ccccc21. The lowest BCUT2D eigenvalue weighted by Gasteiger charge is -2.17. The van der Waals surface area contributed by atoms with E-state index in [1.165, 1.54) is 24.3 Å². The molecule has 0 saturated carbocycles. The number of carboxylic acids is 1. The van der Waals surface area contributed by atoms with Gasteiger partial charge in [-0.3, -0.25) is 4.55 Å². The topological polar surface area (TPSA) is 139 Å². The third-order valence-corrected chi connectivity index (χ3v) is 6.09. The van der Waals surface area contributed by atoms with Crippen LogP contribution in [0.5, 0.6) is 5.75 Å². The molecule has 3 aromatic carbocycles. The summed E-state index contributed by atoms with van der Waals surface area (Å²) in [4.78, 5) is 24.2. The summed E-state index contributed by atoms with van der Waals surface area (Å²) >= 11 is 0. The summed E-state index contributed by atoms with van der Waals surface area (Å²) in [5.74, 6) is -2.09. The second-order valence-corrected chi connectivity index (χ2v) is 9.45. The maximum absolute atomic E-state index is 12.5. The highest BCUT2D eigenvalue weighted by molar-refractivity contribution is 7.85. The summed E-state index contributed by atoms with van der Waals surface area (Å²) < 4.78 is 40.6. The summed E-state index contributed by atoms with van der Waals surface area (Å²) in [6.45, 7) is 0.0615. The predicted octanol–water partition coefficient (Wildman–Crippen LogP) is 3.45. The number of alkyl carbamates (subject to hydrolysis) is 1. The Bertz CT molecular complexity index is 1290. The van der Waals surface area contributed by atoms with Crippen LogP contribution in [0.2, 0.25) is 0 Å². The van der Waals surface area contributed by atoms with Gasteiger partial charge in [0.15, 0.2) is 0 Å². The number of amides is 1. The van der Waals surface area contributed by atoms with Gasteiger partial charge in [-0.2, -0.15) is 8.42 Å². The van der Waals surface area contributed by atoms with Crippen LogP contribution in [-0.2, 0) is 26.1 Å². The van der Waals surface area contributed by atoms with Crippen molar-refractivity contribution in [3.8, 4) is 16.9 Å². The second-order valence-electron chi connectivity index (χ2n) is 8.05. The monoisotopic (exact) mass is 497 g/mol. The maximum atomic E-state index is 12.5. The molecule has 0 aliphatic heterocycles. The van der Waals surface area contributed by atoms with Crippen LogP contribution in [0, 0.1) is 0 Å². The summed E-state index contributed by atoms with van der Waals surface area (Å²) in [5.41, 5.74) is 4.84. The highest BCUT2D eigenvalue weighted by atomic mass is 32.2. The fraction of sp³-hybridized carbons (Fsp3) is 0.200. The van der Waals surface area contributed by atoms with Crippen molar-refractivity contribution < 1.29 is 37.1 Å². The van der Waals surface area contributed by atoms with Crippen molar-refractivity contribution in [1.82, 2.24) is 5.32 Å². The second kappa shape index (κ2) is 10.2. The molecule has 3 N–H and O–H groups in total. The van der Waals surface area contributed by atoms with Crippen LogP contribution in [0.15, 0.2) is 72.8 Å². The minimum atomic E-state index is -4.28. The summed E-state index contributed by atoms with van der Waals surface area (Å²) in [5, 5.41) is 12.0. The molecular weight excluding hydrogens is 474 g/mol. The molecule has 9 nitrogen and oxygen atoms in total. The molecule has 1 aliphatic carbocycles. The number of hydrogen-bond acceptors (Lipinski definition) is 6. The molecular formula is C25H23NO8S. The minimum absolute atomic E-state index is 0.0297. The Balaban J connectivity index is 1.36. The first-order valence-corrected chi connectivity index (χ1v) is 12.3. The molecule has 10 heteroatoms. The van der Waals surface area contributed by atoms with Crippen LogP contribution in [0.1, 0.15) is 22.6 Å². The molecule has 3 aromatic rings. The van der Waals surface area contributed by atoms with Gasteiger partial charge in [-0.15, -0.1) is 0 Å². The van der Waals surface area contributed by atoms with E-state index in [4.69, 9.17) is 14.0 Å². The standard InChI is InChI=1S/C25H23NO8S/c27-24(28)23(13-16-9-11-17(12-10-16)34-15-35(30,31)32)26-25(29)33-14-22-20-7-3-1-5-18(20)19-6-2-4-8-21(19)22/h1-12,22-23H,13-15H2,(H,26,29)(H,27,28)(H,30,31,32)/t23-/m0/s1. The van der Waals surface area contributed by atoms with Gasteiger partial charge in [0.1, 0.15) is 18.4 Å². The van der Waals surface area contributed by atoms with E-state index in [1.54, 1.807) is 0 Å². The van der Waals surface area contributed by atoms with Crippen molar-refractivity contribution in [3.05, 3.63) is 89.5 Å². The fourth-order valence-corrected chi connectivity index (χ4v) is 4.37. The van der Waals surface area contributed by atoms with Crippen LogP contribution >= 0.6 is 0 Å². The number of benzene rings is 3. The first-order valence-electron chi connectivity index (χ1n) is 10.7. The van der Waals surface area contributed by atoms with E-state index in [0.717, 1.165) is 22.3 Å². The lowest BCUT2D eigenvalue weighted by molar-refractivity contribution is -0.139. The Labute approximate surface area is 202 Å². The van der Waals surface area contributed by atoms with Crippen molar-refractivity contribution in [3.63, 3.8) is 0 Å². The molecule has 0 fully saturated rings. The Morgan fingerprint density at radius 2 is 1.49 bits per heavy atom. The minimum Gasteiger partial charge on any atom is -0.480 e. The molecule has 0 unspecified atom stereocenters. The van der Waals surface area contributed by atoms with Crippen molar-refractivity contribution in [2.75, 3.05) is 12.5 Å². The summed E-state index contributed by atoms with van der Waals surface area (Å²) in [7, 11) is -4.28. The Kier molecular flexibility index (Phi) is 7.04. The van der Waals surface area contributed by atoms with Crippen LogP contribution in [-0.4, -0.2) is 48.7 Å². The van der Waals surface area contributed by atoms with Gasteiger partial charge in [-0.1, -0.05) is 60.7 Å². The van der Waals surface area contributed by atoms with Crippen LogP contribution in [0.4, 0.5) is 4.79 Å². The number of nitrogens with one attached hydrogen (secondary N) is 1. The molecule has 0 spiro atoms. The van der Waals surface area contributed by atoms with E-state index in [9.17, 15) is 23.1 Å². The zero-order valence-electron chi connectivity index (χ0n) is 18.5. The Morgan fingerprint density at radius 3 is 2.03 bits per heavy atom. The highest BCUT2D eigenvalue weighted by Crippen LogP contribution is 2.44. The number of hydrogen-bond donors (Lipinski definition) is 3. The predicted molar refractivity (Wildman–Crippen MR) is 127 cm³/mol. The first kappa shape index (κ1) is 24.2. The molecule has 35 heavy (non-hydrogen) atoms. The van der Waals surface area contributed by atoms with Crippen molar-refractivity contribution in [1.29, 1.82) is 0 Å². The molecule has 182 valence electrons. The molecule has 0 saturated heterocycles. The van der Waals surface area contributed by atoms with Gasteiger partial charge < -0.3 is 19.9 Å². The van der Waals surface area contributed by atoms with Gasteiger partial charge in [0.2, 0.25) is 5.94 Å². The van der Waals surface area contributed by atoms with E-state index in [2.05, 4.69) is 5.32 Å². The van der Waals surface area contributed by atoms with Gasteiger partial charge in [0, 0.05) is 12.3 Å². The quantitative estimate of drug-likeness (QED) is 0.382. The Hall–Kier alpha value is -3.89. The number of ether oxygens (including phenoxy) is 2. The lowest BCUT2D eigenvalue weighted by Crippen LogP contribution is -2.42. The van der Waals surface area contributed by atoms with E-state index in [0.29, 0.717) is 5.56 Å². The number of rotatable bonds is 9.